The van der Waals surface area contributed by atoms with E-state index in [1.54, 1.807) is 12.3 Å². The van der Waals surface area contributed by atoms with Crippen molar-refractivity contribution >= 4 is 11.6 Å². The quantitative estimate of drug-likeness (QED) is 0.779. The number of anilines is 1. The highest BCUT2D eigenvalue weighted by molar-refractivity contribution is 6.00. The zero-order valence-electron chi connectivity index (χ0n) is 13.5. The van der Waals surface area contributed by atoms with Gasteiger partial charge in [0.2, 0.25) is 5.91 Å². The van der Waals surface area contributed by atoms with Crippen LogP contribution in [0.15, 0.2) is 36.5 Å². The fourth-order valence-electron chi connectivity index (χ4n) is 3.97. The Morgan fingerprint density at radius 1 is 1.16 bits per heavy atom. The van der Waals surface area contributed by atoms with Gasteiger partial charge in [-0.2, -0.15) is 13.2 Å². The second-order valence-corrected chi connectivity index (χ2v) is 6.53. The Kier molecular flexibility index (Phi) is 3.78. The van der Waals surface area contributed by atoms with E-state index >= 15 is 0 Å². The largest absolute Gasteiger partial charge is 0.416 e. The fraction of sp³-hybridized carbons (Fsp3) is 0.368. The maximum Gasteiger partial charge on any atom is 0.416 e. The van der Waals surface area contributed by atoms with E-state index < -0.39 is 11.7 Å². The van der Waals surface area contributed by atoms with Crippen molar-refractivity contribution in [3.8, 4) is 0 Å². The number of carbonyl (C=O) groups is 1. The third kappa shape index (κ3) is 2.69. The molecule has 2 aromatic rings. The molecule has 1 amide bonds. The topological polar surface area (TPSA) is 33.2 Å². The maximum atomic E-state index is 13.2. The first-order chi connectivity index (χ1) is 12.0. The Labute approximate surface area is 143 Å². The number of rotatable bonds is 1. The van der Waals surface area contributed by atoms with Crippen molar-refractivity contribution in [1.82, 2.24) is 4.98 Å². The molecule has 0 spiro atoms. The summed E-state index contributed by atoms with van der Waals surface area (Å²) in [5.41, 5.74) is 1.82. The molecule has 3 nitrogen and oxygen atoms in total. The Morgan fingerprint density at radius 3 is 2.80 bits per heavy atom. The molecule has 1 aromatic heterocycles. The van der Waals surface area contributed by atoms with Gasteiger partial charge in [-0.1, -0.05) is 12.1 Å². The number of aromatic nitrogens is 1. The van der Waals surface area contributed by atoms with Crippen LogP contribution in [-0.2, 0) is 23.8 Å². The Bertz CT molecular complexity index is 832. The summed E-state index contributed by atoms with van der Waals surface area (Å²) in [5, 5.41) is 0. The van der Waals surface area contributed by atoms with Gasteiger partial charge in [0, 0.05) is 18.4 Å². The molecule has 130 valence electrons. The number of amides is 1. The van der Waals surface area contributed by atoms with Gasteiger partial charge in [0.1, 0.15) is 0 Å². The molecular formula is C19H17F3N2O. The molecule has 2 aliphatic rings. The average Bonchev–Trinajstić information content (AvgIpc) is 3.03. The van der Waals surface area contributed by atoms with Gasteiger partial charge in [0.15, 0.2) is 0 Å². The number of aryl methyl sites for hydroxylation is 1. The lowest BCUT2D eigenvalue weighted by Crippen LogP contribution is -2.35. The first kappa shape index (κ1) is 16.1. The van der Waals surface area contributed by atoms with E-state index in [1.807, 2.05) is 12.1 Å². The zero-order valence-corrected chi connectivity index (χ0v) is 13.5. The number of carbonyl (C=O) groups excluding carboxylic acids is 1. The van der Waals surface area contributed by atoms with Crippen LogP contribution in [0.4, 0.5) is 18.9 Å². The van der Waals surface area contributed by atoms with Gasteiger partial charge >= 0.3 is 6.18 Å². The van der Waals surface area contributed by atoms with Crippen molar-refractivity contribution in [1.29, 1.82) is 0 Å². The lowest BCUT2D eigenvalue weighted by Gasteiger charge is -2.28. The van der Waals surface area contributed by atoms with E-state index in [0.29, 0.717) is 18.7 Å². The standard InChI is InChI=1S/C19H17F3N2O/c20-19(21,22)15-7-2-8-16-13(15)9-11-24(16)18(25)14-6-1-4-12-5-3-10-23-17(12)14/h2-3,5,7-8,10,14H,1,4,6,9,11H2. The molecule has 1 unspecified atom stereocenters. The summed E-state index contributed by atoms with van der Waals surface area (Å²) in [6.45, 7) is 0.292. The lowest BCUT2D eigenvalue weighted by molar-refractivity contribution is -0.138. The molecule has 0 saturated heterocycles. The summed E-state index contributed by atoms with van der Waals surface area (Å²) < 4.78 is 39.6. The predicted octanol–water partition coefficient (Wildman–Crippen LogP) is 4.11. The number of hydrogen-bond donors (Lipinski definition) is 0. The summed E-state index contributed by atoms with van der Waals surface area (Å²) >= 11 is 0. The lowest BCUT2D eigenvalue weighted by atomic mass is 9.85. The van der Waals surface area contributed by atoms with Gasteiger partial charge in [-0.3, -0.25) is 9.78 Å². The molecule has 1 aromatic carbocycles. The number of halogens is 3. The molecule has 0 radical (unpaired) electrons. The van der Waals surface area contributed by atoms with Gasteiger partial charge in [0.25, 0.3) is 0 Å². The SMILES string of the molecule is O=C(C1CCCc2cccnc21)N1CCc2c1cccc2C(F)(F)F. The van der Waals surface area contributed by atoms with E-state index in [4.69, 9.17) is 0 Å². The number of pyridine rings is 1. The van der Waals surface area contributed by atoms with E-state index in [1.165, 1.54) is 11.0 Å². The second-order valence-electron chi connectivity index (χ2n) is 6.53. The third-order valence-corrected chi connectivity index (χ3v) is 5.09. The predicted molar refractivity (Wildman–Crippen MR) is 87.4 cm³/mol. The second kappa shape index (κ2) is 5.86. The van der Waals surface area contributed by atoms with Gasteiger partial charge < -0.3 is 4.90 Å². The minimum Gasteiger partial charge on any atom is -0.311 e. The molecular weight excluding hydrogens is 329 g/mol. The molecule has 6 heteroatoms. The van der Waals surface area contributed by atoms with E-state index in [9.17, 15) is 18.0 Å². The highest BCUT2D eigenvalue weighted by atomic mass is 19.4. The number of alkyl halides is 3. The van der Waals surface area contributed by atoms with E-state index in [-0.39, 0.29) is 23.8 Å². The summed E-state index contributed by atoms with van der Waals surface area (Å²) in [6, 6.07) is 7.90. The first-order valence-corrected chi connectivity index (χ1v) is 8.41. The van der Waals surface area contributed by atoms with Crippen molar-refractivity contribution < 1.29 is 18.0 Å². The summed E-state index contributed by atoms with van der Waals surface area (Å²) in [5.74, 6) is -0.511. The van der Waals surface area contributed by atoms with Crippen LogP contribution in [-0.4, -0.2) is 17.4 Å². The minimum atomic E-state index is -4.40. The molecule has 4 rings (SSSR count). The minimum absolute atomic E-state index is 0.141. The molecule has 0 fully saturated rings. The number of nitrogens with zero attached hydrogens (tertiary/aromatic N) is 2. The number of hydrogen-bond acceptors (Lipinski definition) is 2. The molecule has 1 aliphatic heterocycles. The van der Waals surface area contributed by atoms with Crippen molar-refractivity contribution in [3.05, 3.63) is 58.9 Å². The molecule has 1 aliphatic carbocycles. The van der Waals surface area contributed by atoms with Gasteiger partial charge in [-0.05, 0) is 55.0 Å². The average molecular weight is 346 g/mol. The van der Waals surface area contributed by atoms with Crippen LogP contribution in [0.2, 0.25) is 0 Å². The Balaban J connectivity index is 1.70. The summed E-state index contributed by atoms with van der Waals surface area (Å²) in [7, 11) is 0. The normalized spacial score (nSPS) is 19.5. The fourth-order valence-corrected chi connectivity index (χ4v) is 3.97. The summed E-state index contributed by atoms with van der Waals surface area (Å²) in [4.78, 5) is 19.0. The van der Waals surface area contributed by atoms with Crippen LogP contribution in [0.1, 0.15) is 41.1 Å². The van der Waals surface area contributed by atoms with Crippen LogP contribution in [0.25, 0.3) is 0 Å². The molecule has 0 N–H and O–H groups in total. The smallest absolute Gasteiger partial charge is 0.311 e. The van der Waals surface area contributed by atoms with Crippen molar-refractivity contribution in [2.45, 2.75) is 37.8 Å². The highest BCUT2D eigenvalue weighted by Crippen LogP contribution is 2.41. The first-order valence-electron chi connectivity index (χ1n) is 8.41. The van der Waals surface area contributed by atoms with Crippen LogP contribution in [0, 0.1) is 0 Å². The Morgan fingerprint density at radius 2 is 2.00 bits per heavy atom. The molecule has 2 heterocycles. The van der Waals surface area contributed by atoms with Gasteiger partial charge in [0.05, 0.1) is 17.2 Å². The van der Waals surface area contributed by atoms with E-state index in [2.05, 4.69) is 4.98 Å². The summed E-state index contributed by atoms with van der Waals surface area (Å²) in [6.07, 6.45) is -0.0279. The zero-order chi connectivity index (χ0) is 17.6. The molecule has 25 heavy (non-hydrogen) atoms. The van der Waals surface area contributed by atoms with Gasteiger partial charge in [-0.25, -0.2) is 0 Å². The van der Waals surface area contributed by atoms with Crippen LogP contribution >= 0.6 is 0 Å². The van der Waals surface area contributed by atoms with E-state index in [0.717, 1.165) is 30.2 Å². The third-order valence-electron chi connectivity index (χ3n) is 5.09. The number of fused-ring (bicyclic) bond motifs is 2. The monoisotopic (exact) mass is 346 g/mol. The maximum absolute atomic E-state index is 13.2. The van der Waals surface area contributed by atoms with Crippen molar-refractivity contribution in [2.24, 2.45) is 0 Å². The molecule has 0 saturated carbocycles. The van der Waals surface area contributed by atoms with Crippen LogP contribution in [0.3, 0.4) is 0 Å². The van der Waals surface area contributed by atoms with Crippen LogP contribution in [0.5, 0.6) is 0 Å². The number of benzene rings is 1. The van der Waals surface area contributed by atoms with Crippen LogP contribution < -0.4 is 4.90 Å². The molecule has 0 bridgehead atoms. The highest BCUT2D eigenvalue weighted by Gasteiger charge is 2.39. The van der Waals surface area contributed by atoms with Crippen molar-refractivity contribution in [2.75, 3.05) is 11.4 Å². The Hall–Kier alpha value is -2.37. The van der Waals surface area contributed by atoms with Crippen molar-refractivity contribution in [3.63, 3.8) is 0 Å². The molecule has 1 atom stereocenters. The van der Waals surface area contributed by atoms with Gasteiger partial charge in [-0.15, -0.1) is 0 Å².